The highest BCUT2D eigenvalue weighted by Crippen LogP contribution is 2.36. The van der Waals surface area contributed by atoms with Gasteiger partial charge >= 0.3 is 0 Å². The number of carbonyl (C=O) groups excluding carboxylic acids is 1. The summed E-state index contributed by atoms with van der Waals surface area (Å²) in [5.41, 5.74) is 2.12. The molecule has 7 nitrogen and oxygen atoms in total. The Kier molecular flexibility index (Phi) is 7.88. The van der Waals surface area contributed by atoms with Crippen molar-refractivity contribution in [3.8, 4) is 0 Å². The smallest absolute Gasteiger partial charge is 0.243 e. The van der Waals surface area contributed by atoms with Crippen LogP contribution in [0.1, 0.15) is 51.0 Å². The highest BCUT2D eigenvalue weighted by Gasteiger charge is 2.36. The average molecular weight is 562 g/mol. The number of sulfonamides is 1. The Balaban J connectivity index is 1.36. The van der Waals surface area contributed by atoms with Crippen molar-refractivity contribution in [2.75, 3.05) is 31.1 Å². The van der Waals surface area contributed by atoms with E-state index in [1.807, 2.05) is 6.07 Å². The first-order chi connectivity index (χ1) is 17.7. The van der Waals surface area contributed by atoms with Crippen molar-refractivity contribution in [3.05, 3.63) is 53.1 Å². The molecule has 2 aromatic carbocycles. The summed E-state index contributed by atoms with van der Waals surface area (Å²) in [5.74, 6) is 0.0618. The largest absolute Gasteiger partial charge is 0.376 e. The van der Waals surface area contributed by atoms with E-state index in [0.29, 0.717) is 55.2 Å². The standard InChI is InChI=1S/C27H32ClN3O4S2/c1-18(2)23-6-3-7-24-25(23)29-27(36-24)31(17-21-5-4-16-35-21)26(32)19-12-14-30(15-13-19)37(33,34)22-10-8-20(28)9-11-22/h3,6-11,18-19,21H,4-5,12-17H2,1-2H3. The molecular formula is C27H32ClN3O4S2. The average Bonchev–Trinajstić information content (AvgIpc) is 3.56. The predicted molar refractivity (Wildman–Crippen MR) is 148 cm³/mol. The Morgan fingerprint density at radius 3 is 2.54 bits per heavy atom. The van der Waals surface area contributed by atoms with E-state index in [1.165, 1.54) is 33.3 Å². The highest BCUT2D eigenvalue weighted by molar-refractivity contribution is 7.89. The number of fused-ring (bicyclic) bond motifs is 1. The van der Waals surface area contributed by atoms with Gasteiger partial charge in [-0.2, -0.15) is 4.31 Å². The van der Waals surface area contributed by atoms with Gasteiger partial charge in [-0.05, 0) is 67.5 Å². The molecule has 2 aliphatic rings. The van der Waals surface area contributed by atoms with Crippen LogP contribution in [0.25, 0.3) is 10.2 Å². The lowest BCUT2D eigenvalue weighted by Crippen LogP contribution is -2.46. The van der Waals surface area contributed by atoms with Crippen LogP contribution >= 0.6 is 22.9 Å². The molecule has 1 unspecified atom stereocenters. The van der Waals surface area contributed by atoms with Gasteiger partial charge in [0.1, 0.15) is 0 Å². The summed E-state index contributed by atoms with van der Waals surface area (Å²) in [6, 6.07) is 12.4. The van der Waals surface area contributed by atoms with Crippen LogP contribution in [-0.4, -0.2) is 56.0 Å². The van der Waals surface area contributed by atoms with E-state index >= 15 is 0 Å². The molecule has 1 aromatic heterocycles. The van der Waals surface area contributed by atoms with Crippen LogP contribution in [0.2, 0.25) is 5.02 Å². The fourth-order valence-corrected chi connectivity index (χ4v) is 7.72. The second-order valence-electron chi connectivity index (χ2n) is 10.1. The van der Waals surface area contributed by atoms with Gasteiger partial charge in [-0.1, -0.05) is 48.9 Å². The topological polar surface area (TPSA) is 79.8 Å². The number of thiazole rings is 1. The minimum atomic E-state index is -3.63. The van der Waals surface area contributed by atoms with Gasteiger partial charge in [0.15, 0.2) is 5.13 Å². The monoisotopic (exact) mass is 561 g/mol. The molecule has 0 saturated carbocycles. The molecule has 1 atom stereocenters. The molecule has 198 valence electrons. The van der Waals surface area contributed by atoms with E-state index < -0.39 is 10.0 Å². The van der Waals surface area contributed by atoms with E-state index in [4.69, 9.17) is 21.3 Å². The van der Waals surface area contributed by atoms with Crippen LogP contribution < -0.4 is 4.90 Å². The summed E-state index contributed by atoms with van der Waals surface area (Å²) < 4.78 is 34.6. The number of piperidine rings is 1. The van der Waals surface area contributed by atoms with Crippen LogP contribution in [0.5, 0.6) is 0 Å². The van der Waals surface area contributed by atoms with Crippen molar-refractivity contribution in [2.45, 2.75) is 56.4 Å². The van der Waals surface area contributed by atoms with Crippen molar-refractivity contribution in [1.29, 1.82) is 0 Å². The lowest BCUT2D eigenvalue weighted by molar-refractivity contribution is -0.123. The number of nitrogens with zero attached hydrogens (tertiary/aromatic N) is 3. The molecule has 2 aliphatic heterocycles. The van der Waals surface area contributed by atoms with E-state index in [1.54, 1.807) is 17.0 Å². The summed E-state index contributed by atoms with van der Waals surface area (Å²) in [6.45, 7) is 6.08. The predicted octanol–water partition coefficient (Wildman–Crippen LogP) is 5.69. The fraction of sp³-hybridized carbons (Fsp3) is 0.481. The Bertz CT molecular complexity index is 1360. The zero-order chi connectivity index (χ0) is 26.2. The number of benzene rings is 2. The zero-order valence-electron chi connectivity index (χ0n) is 21.1. The fourth-order valence-electron chi connectivity index (χ4n) is 5.11. The lowest BCUT2D eigenvalue weighted by atomic mass is 9.96. The van der Waals surface area contributed by atoms with Gasteiger partial charge in [-0.15, -0.1) is 0 Å². The van der Waals surface area contributed by atoms with Crippen molar-refractivity contribution in [2.24, 2.45) is 5.92 Å². The molecule has 0 aliphatic carbocycles. The number of amides is 1. The van der Waals surface area contributed by atoms with Gasteiger partial charge in [0.2, 0.25) is 15.9 Å². The summed E-state index contributed by atoms with van der Waals surface area (Å²) in [5, 5.41) is 1.18. The van der Waals surface area contributed by atoms with Crippen molar-refractivity contribution >= 4 is 54.2 Å². The number of hydrogen-bond donors (Lipinski definition) is 0. The molecule has 37 heavy (non-hydrogen) atoms. The third kappa shape index (κ3) is 5.56. The molecule has 2 fully saturated rings. The molecule has 0 spiro atoms. The Morgan fingerprint density at radius 2 is 1.89 bits per heavy atom. The SMILES string of the molecule is CC(C)c1cccc2sc(N(CC3CCCO3)C(=O)C3CCN(S(=O)(=O)c4ccc(Cl)cc4)CC3)nc12. The van der Waals surface area contributed by atoms with E-state index in [2.05, 4.69) is 26.0 Å². The second kappa shape index (κ2) is 11.0. The molecule has 0 N–H and O–H groups in total. The van der Waals surface area contributed by atoms with Crippen LogP contribution in [-0.2, 0) is 19.6 Å². The van der Waals surface area contributed by atoms with E-state index in [0.717, 1.165) is 23.1 Å². The number of aromatic nitrogens is 1. The maximum Gasteiger partial charge on any atom is 0.243 e. The molecule has 0 radical (unpaired) electrons. The summed E-state index contributed by atoms with van der Waals surface area (Å²) in [6.07, 6.45) is 2.84. The Morgan fingerprint density at radius 1 is 1.16 bits per heavy atom. The van der Waals surface area contributed by atoms with Crippen molar-refractivity contribution < 1.29 is 17.9 Å². The van der Waals surface area contributed by atoms with Crippen LogP contribution in [0, 0.1) is 5.92 Å². The minimum Gasteiger partial charge on any atom is -0.376 e. The number of anilines is 1. The highest BCUT2D eigenvalue weighted by atomic mass is 35.5. The minimum absolute atomic E-state index is 0.00388. The number of ether oxygens (including phenoxy) is 1. The Hall–Kier alpha value is -2.04. The van der Waals surface area contributed by atoms with Gasteiger partial charge in [-0.3, -0.25) is 9.69 Å². The maximum atomic E-state index is 13.9. The molecule has 3 heterocycles. The molecule has 2 saturated heterocycles. The lowest BCUT2D eigenvalue weighted by Gasteiger charge is -2.33. The van der Waals surface area contributed by atoms with Crippen molar-refractivity contribution in [3.63, 3.8) is 0 Å². The summed E-state index contributed by atoms with van der Waals surface area (Å²) in [7, 11) is -3.63. The normalized spacial score (nSPS) is 19.6. The third-order valence-corrected chi connectivity index (χ3v) is 10.4. The molecule has 10 heteroatoms. The van der Waals surface area contributed by atoms with E-state index in [9.17, 15) is 13.2 Å². The first kappa shape index (κ1) is 26.6. The van der Waals surface area contributed by atoms with Gasteiger partial charge in [0.05, 0.1) is 27.8 Å². The number of rotatable bonds is 7. The van der Waals surface area contributed by atoms with Crippen LogP contribution in [0.15, 0.2) is 47.4 Å². The number of carbonyl (C=O) groups is 1. The summed E-state index contributed by atoms with van der Waals surface area (Å²) >= 11 is 7.47. The number of hydrogen-bond acceptors (Lipinski definition) is 6. The molecule has 3 aromatic rings. The first-order valence-electron chi connectivity index (χ1n) is 12.8. The first-order valence-corrected chi connectivity index (χ1v) is 15.5. The zero-order valence-corrected chi connectivity index (χ0v) is 23.5. The Labute approximate surface area is 227 Å². The van der Waals surface area contributed by atoms with Crippen LogP contribution in [0.3, 0.4) is 0 Å². The van der Waals surface area contributed by atoms with Crippen molar-refractivity contribution in [1.82, 2.24) is 9.29 Å². The quantitative estimate of drug-likeness (QED) is 0.370. The molecule has 1 amide bonds. The molecule has 5 rings (SSSR count). The van der Waals surface area contributed by atoms with Gasteiger partial charge in [0, 0.05) is 30.6 Å². The molecular weight excluding hydrogens is 530 g/mol. The van der Waals surface area contributed by atoms with Gasteiger partial charge < -0.3 is 4.74 Å². The van der Waals surface area contributed by atoms with Gasteiger partial charge in [-0.25, -0.2) is 13.4 Å². The number of para-hydroxylation sites is 1. The van der Waals surface area contributed by atoms with Gasteiger partial charge in [0.25, 0.3) is 0 Å². The third-order valence-electron chi connectivity index (χ3n) is 7.22. The number of halogens is 1. The summed E-state index contributed by atoms with van der Waals surface area (Å²) in [4.78, 5) is 20.9. The maximum absolute atomic E-state index is 13.9. The second-order valence-corrected chi connectivity index (χ2v) is 13.4. The van der Waals surface area contributed by atoms with E-state index in [-0.39, 0.29) is 22.8 Å². The van der Waals surface area contributed by atoms with Crippen LogP contribution in [0.4, 0.5) is 5.13 Å². The molecule has 0 bridgehead atoms.